The molecule has 1 aliphatic rings. The minimum atomic E-state index is 0.0735. The van der Waals surface area contributed by atoms with Crippen LogP contribution in [0.5, 0.6) is 0 Å². The first-order valence-electron chi connectivity index (χ1n) is 7.51. The average molecular weight is 278 g/mol. The van der Waals surface area contributed by atoms with E-state index < -0.39 is 0 Å². The third kappa shape index (κ3) is 4.08. The van der Waals surface area contributed by atoms with Crippen LogP contribution in [0.4, 0.5) is 0 Å². The molecule has 0 saturated carbocycles. The van der Waals surface area contributed by atoms with E-state index in [0.717, 1.165) is 25.3 Å². The van der Waals surface area contributed by atoms with Crippen molar-refractivity contribution in [1.82, 2.24) is 20.1 Å². The van der Waals surface area contributed by atoms with Gasteiger partial charge in [-0.25, -0.2) is 0 Å². The summed E-state index contributed by atoms with van der Waals surface area (Å²) >= 11 is 0. The van der Waals surface area contributed by atoms with Crippen molar-refractivity contribution >= 4 is 5.91 Å². The zero-order valence-electron chi connectivity index (χ0n) is 12.6. The van der Waals surface area contributed by atoms with Gasteiger partial charge < -0.3 is 20.1 Å². The fourth-order valence-electron chi connectivity index (χ4n) is 2.64. The van der Waals surface area contributed by atoms with Crippen molar-refractivity contribution in [2.75, 3.05) is 40.3 Å². The lowest BCUT2D eigenvalue weighted by molar-refractivity contribution is 0.0767. The van der Waals surface area contributed by atoms with E-state index >= 15 is 0 Å². The van der Waals surface area contributed by atoms with E-state index in [2.05, 4.69) is 15.2 Å². The van der Waals surface area contributed by atoms with Crippen molar-refractivity contribution in [2.24, 2.45) is 0 Å². The van der Waals surface area contributed by atoms with Crippen molar-refractivity contribution in [1.29, 1.82) is 0 Å². The molecule has 1 fully saturated rings. The molecular weight excluding hydrogens is 252 g/mol. The van der Waals surface area contributed by atoms with Crippen LogP contribution in [0.25, 0.3) is 0 Å². The molecule has 0 unspecified atom stereocenters. The lowest BCUT2D eigenvalue weighted by Gasteiger charge is -2.28. The van der Waals surface area contributed by atoms with Gasteiger partial charge in [0.25, 0.3) is 5.91 Å². The molecule has 0 radical (unpaired) electrons. The van der Waals surface area contributed by atoms with Crippen LogP contribution < -0.4 is 5.32 Å². The first kappa shape index (κ1) is 15.1. The van der Waals surface area contributed by atoms with Gasteiger partial charge in [0.1, 0.15) is 5.69 Å². The summed E-state index contributed by atoms with van der Waals surface area (Å²) < 4.78 is 0. The molecule has 1 aromatic heterocycles. The first-order valence-corrected chi connectivity index (χ1v) is 7.51. The minimum Gasteiger partial charge on any atom is -0.353 e. The third-order valence-corrected chi connectivity index (χ3v) is 3.89. The maximum Gasteiger partial charge on any atom is 0.270 e. The van der Waals surface area contributed by atoms with Gasteiger partial charge in [0, 0.05) is 32.4 Å². The summed E-state index contributed by atoms with van der Waals surface area (Å²) in [5, 5.41) is 3.07. The SMILES string of the molecule is CNCc1ccc(C(=O)N(C)CCN2CCCCC2)[nH]1. The second-order valence-corrected chi connectivity index (χ2v) is 5.56. The molecule has 0 aromatic carbocycles. The molecule has 2 heterocycles. The predicted octanol–water partition coefficient (Wildman–Crippen LogP) is 1.29. The number of H-pyrrole nitrogens is 1. The van der Waals surface area contributed by atoms with E-state index in [1.54, 1.807) is 0 Å². The maximum atomic E-state index is 12.3. The summed E-state index contributed by atoms with van der Waals surface area (Å²) in [4.78, 5) is 19.7. The highest BCUT2D eigenvalue weighted by Crippen LogP contribution is 2.09. The number of amides is 1. The van der Waals surface area contributed by atoms with Crippen LogP contribution >= 0.6 is 0 Å². The van der Waals surface area contributed by atoms with Crippen LogP contribution in [0.1, 0.15) is 35.4 Å². The molecule has 5 nitrogen and oxygen atoms in total. The number of aromatic nitrogens is 1. The van der Waals surface area contributed by atoms with E-state index in [1.807, 2.05) is 31.1 Å². The minimum absolute atomic E-state index is 0.0735. The van der Waals surface area contributed by atoms with Gasteiger partial charge in [-0.15, -0.1) is 0 Å². The molecule has 112 valence electrons. The van der Waals surface area contributed by atoms with E-state index in [-0.39, 0.29) is 5.91 Å². The van der Waals surface area contributed by atoms with Gasteiger partial charge in [-0.3, -0.25) is 4.79 Å². The zero-order valence-corrected chi connectivity index (χ0v) is 12.6. The Labute approximate surface area is 121 Å². The van der Waals surface area contributed by atoms with Crippen molar-refractivity contribution in [3.8, 4) is 0 Å². The van der Waals surface area contributed by atoms with Crippen LogP contribution in [-0.2, 0) is 6.54 Å². The Morgan fingerprint density at radius 1 is 1.35 bits per heavy atom. The van der Waals surface area contributed by atoms with Crippen LogP contribution in [0.2, 0.25) is 0 Å². The Hall–Kier alpha value is -1.33. The van der Waals surface area contributed by atoms with Crippen LogP contribution in [0, 0.1) is 0 Å². The summed E-state index contributed by atoms with van der Waals surface area (Å²) in [6.45, 7) is 4.88. The third-order valence-electron chi connectivity index (χ3n) is 3.89. The number of likely N-dealkylation sites (N-methyl/N-ethyl adjacent to an activating group) is 1. The number of hydrogen-bond acceptors (Lipinski definition) is 3. The monoisotopic (exact) mass is 278 g/mol. The van der Waals surface area contributed by atoms with Crippen molar-refractivity contribution in [3.63, 3.8) is 0 Å². The standard InChI is InChI=1S/C15H26N4O/c1-16-12-13-6-7-14(17-13)15(20)18(2)10-11-19-8-4-3-5-9-19/h6-7,16-17H,3-5,8-12H2,1-2H3. The number of hydrogen-bond donors (Lipinski definition) is 2. The summed E-state index contributed by atoms with van der Waals surface area (Å²) in [5.41, 5.74) is 1.72. The Morgan fingerprint density at radius 3 is 2.80 bits per heavy atom. The average Bonchev–Trinajstić information content (AvgIpc) is 2.94. The normalized spacial score (nSPS) is 16.3. The Morgan fingerprint density at radius 2 is 2.10 bits per heavy atom. The van der Waals surface area contributed by atoms with Crippen molar-refractivity contribution in [3.05, 3.63) is 23.5 Å². The second kappa shape index (κ2) is 7.45. The van der Waals surface area contributed by atoms with E-state index in [9.17, 15) is 4.79 Å². The molecule has 1 saturated heterocycles. The summed E-state index contributed by atoms with van der Waals surface area (Å²) in [7, 11) is 3.78. The maximum absolute atomic E-state index is 12.3. The number of carbonyl (C=O) groups excluding carboxylic acids is 1. The van der Waals surface area contributed by atoms with Gasteiger partial charge in [0.15, 0.2) is 0 Å². The van der Waals surface area contributed by atoms with Crippen molar-refractivity contribution < 1.29 is 4.79 Å². The zero-order chi connectivity index (χ0) is 14.4. The fourth-order valence-corrected chi connectivity index (χ4v) is 2.64. The van der Waals surface area contributed by atoms with E-state index in [4.69, 9.17) is 0 Å². The highest BCUT2D eigenvalue weighted by Gasteiger charge is 2.15. The van der Waals surface area contributed by atoms with Gasteiger partial charge in [-0.05, 0) is 45.1 Å². The Bertz CT molecular complexity index is 423. The predicted molar refractivity (Wildman–Crippen MR) is 80.8 cm³/mol. The lowest BCUT2D eigenvalue weighted by Crippen LogP contribution is -2.38. The molecule has 1 aliphatic heterocycles. The van der Waals surface area contributed by atoms with Crippen LogP contribution in [0.3, 0.4) is 0 Å². The van der Waals surface area contributed by atoms with E-state index in [0.29, 0.717) is 5.69 Å². The number of rotatable bonds is 6. The van der Waals surface area contributed by atoms with Crippen molar-refractivity contribution in [2.45, 2.75) is 25.8 Å². The molecule has 0 aliphatic carbocycles. The summed E-state index contributed by atoms with van der Waals surface area (Å²) in [6.07, 6.45) is 3.94. The topological polar surface area (TPSA) is 51.4 Å². The number of likely N-dealkylation sites (tertiary alicyclic amines) is 1. The molecular formula is C15H26N4O. The lowest BCUT2D eigenvalue weighted by atomic mass is 10.1. The number of carbonyl (C=O) groups is 1. The Kier molecular flexibility index (Phi) is 5.61. The molecule has 2 N–H and O–H groups in total. The smallest absolute Gasteiger partial charge is 0.270 e. The molecule has 20 heavy (non-hydrogen) atoms. The van der Waals surface area contributed by atoms with E-state index in [1.165, 1.54) is 32.4 Å². The van der Waals surface area contributed by atoms with Gasteiger partial charge in [0.2, 0.25) is 0 Å². The van der Waals surface area contributed by atoms with Gasteiger partial charge in [-0.2, -0.15) is 0 Å². The molecule has 1 amide bonds. The molecule has 0 spiro atoms. The summed E-state index contributed by atoms with van der Waals surface area (Å²) in [6, 6.07) is 3.83. The number of piperidine rings is 1. The molecule has 5 heteroatoms. The quantitative estimate of drug-likeness (QED) is 0.824. The van der Waals surface area contributed by atoms with Crippen LogP contribution in [-0.4, -0.2) is 61.0 Å². The van der Waals surface area contributed by atoms with Crippen LogP contribution in [0.15, 0.2) is 12.1 Å². The van der Waals surface area contributed by atoms with Gasteiger partial charge in [-0.1, -0.05) is 6.42 Å². The highest BCUT2D eigenvalue weighted by molar-refractivity contribution is 5.92. The molecule has 0 bridgehead atoms. The largest absolute Gasteiger partial charge is 0.353 e. The fraction of sp³-hybridized carbons (Fsp3) is 0.667. The van der Waals surface area contributed by atoms with Gasteiger partial charge in [0.05, 0.1) is 0 Å². The molecule has 1 aromatic rings. The highest BCUT2D eigenvalue weighted by atomic mass is 16.2. The Balaban J connectivity index is 1.81. The molecule has 0 atom stereocenters. The summed E-state index contributed by atoms with van der Waals surface area (Å²) in [5.74, 6) is 0.0735. The van der Waals surface area contributed by atoms with Gasteiger partial charge >= 0.3 is 0 Å². The number of nitrogens with one attached hydrogen (secondary N) is 2. The first-order chi connectivity index (χ1) is 9.70. The molecule has 2 rings (SSSR count). The number of nitrogens with zero attached hydrogens (tertiary/aromatic N) is 2. The second-order valence-electron chi connectivity index (χ2n) is 5.56. The number of aromatic amines is 1.